The van der Waals surface area contributed by atoms with Crippen molar-refractivity contribution in [1.29, 1.82) is 0 Å². The summed E-state index contributed by atoms with van der Waals surface area (Å²) >= 11 is 1.55. The molecule has 2 rings (SSSR count). The van der Waals surface area contributed by atoms with Crippen LogP contribution in [0, 0.1) is 0 Å². The minimum absolute atomic E-state index is 0.0134. The van der Waals surface area contributed by atoms with E-state index in [-0.39, 0.29) is 12.5 Å². The van der Waals surface area contributed by atoms with Crippen molar-refractivity contribution in [2.75, 3.05) is 18.9 Å². The first-order valence-electron chi connectivity index (χ1n) is 5.86. The molecule has 0 atom stereocenters. The molecule has 3 N–H and O–H groups in total. The number of nitrogens with two attached hydrogens (primary N) is 1. The fraction of sp³-hybridized carbons (Fsp3) is 0.231. The number of thiazole rings is 1. The van der Waals surface area contributed by atoms with E-state index in [0.717, 1.165) is 12.1 Å². The highest BCUT2D eigenvalue weighted by Gasteiger charge is 2.03. The first-order chi connectivity index (χ1) is 9.24. The fourth-order valence-electron chi connectivity index (χ4n) is 1.50. The van der Waals surface area contributed by atoms with Gasteiger partial charge in [-0.3, -0.25) is 4.79 Å². The smallest absolute Gasteiger partial charge is 0.257 e. The Morgan fingerprint density at radius 3 is 3.11 bits per heavy atom. The topological polar surface area (TPSA) is 77.2 Å². The van der Waals surface area contributed by atoms with E-state index in [1.807, 2.05) is 5.38 Å². The standard InChI is InChI=1S/C13H15N3O2S/c14-10-2-1-3-12(6-10)18-7-13(17)15-5-4-11-8-19-9-16-11/h1-3,6,8-9H,4-5,7,14H2,(H,15,17). The van der Waals surface area contributed by atoms with Gasteiger partial charge < -0.3 is 15.8 Å². The number of carbonyl (C=O) groups is 1. The maximum Gasteiger partial charge on any atom is 0.257 e. The van der Waals surface area contributed by atoms with E-state index in [1.54, 1.807) is 41.1 Å². The summed E-state index contributed by atoms with van der Waals surface area (Å²) in [7, 11) is 0. The number of nitrogens with zero attached hydrogens (tertiary/aromatic N) is 1. The van der Waals surface area contributed by atoms with Crippen molar-refractivity contribution in [3.8, 4) is 5.75 Å². The van der Waals surface area contributed by atoms with Crippen LogP contribution in [0.1, 0.15) is 5.69 Å². The first-order valence-corrected chi connectivity index (χ1v) is 6.80. The number of aromatic nitrogens is 1. The van der Waals surface area contributed by atoms with Gasteiger partial charge in [-0.15, -0.1) is 11.3 Å². The summed E-state index contributed by atoms with van der Waals surface area (Å²) in [6.45, 7) is 0.545. The van der Waals surface area contributed by atoms with Crippen molar-refractivity contribution in [3.63, 3.8) is 0 Å². The van der Waals surface area contributed by atoms with E-state index in [0.29, 0.717) is 18.0 Å². The molecule has 1 aromatic heterocycles. The number of amides is 1. The predicted octanol–water partition coefficient (Wildman–Crippen LogP) is 1.46. The average molecular weight is 277 g/mol. The highest BCUT2D eigenvalue weighted by molar-refractivity contribution is 7.07. The van der Waals surface area contributed by atoms with Crippen LogP contribution < -0.4 is 15.8 Å². The largest absolute Gasteiger partial charge is 0.484 e. The maximum absolute atomic E-state index is 11.5. The van der Waals surface area contributed by atoms with Crippen LogP contribution in [0.4, 0.5) is 5.69 Å². The molecule has 19 heavy (non-hydrogen) atoms. The van der Waals surface area contributed by atoms with Crippen LogP contribution in [-0.2, 0) is 11.2 Å². The molecule has 1 amide bonds. The summed E-state index contributed by atoms with van der Waals surface area (Å²) in [5, 5.41) is 4.74. The second-order valence-electron chi connectivity index (χ2n) is 3.94. The van der Waals surface area contributed by atoms with Gasteiger partial charge in [-0.2, -0.15) is 0 Å². The Kier molecular flexibility index (Phi) is 4.74. The molecule has 2 aromatic rings. The zero-order valence-corrected chi connectivity index (χ0v) is 11.2. The van der Waals surface area contributed by atoms with Crippen LogP contribution in [0.3, 0.4) is 0 Å². The van der Waals surface area contributed by atoms with Crippen LogP contribution in [0.15, 0.2) is 35.2 Å². The average Bonchev–Trinajstić information content (AvgIpc) is 2.90. The van der Waals surface area contributed by atoms with Crippen molar-refractivity contribution < 1.29 is 9.53 Å². The normalized spacial score (nSPS) is 10.1. The molecule has 0 unspecified atom stereocenters. The molecule has 0 aliphatic carbocycles. The highest BCUT2D eigenvalue weighted by atomic mass is 32.1. The van der Waals surface area contributed by atoms with Gasteiger partial charge in [0.15, 0.2) is 6.61 Å². The van der Waals surface area contributed by atoms with Gasteiger partial charge in [-0.05, 0) is 12.1 Å². The molecule has 6 heteroatoms. The molecule has 1 heterocycles. The van der Waals surface area contributed by atoms with Crippen LogP contribution in [0.2, 0.25) is 0 Å². The number of hydrogen-bond donors (Lipinski definition) is 2. The molecule has 0 aliphatic heterocycles. The molecule has 0 aliphatic rings. The molecule has 0 bridgehead atoms. The lowest BCUT2D eigenvalue weighted by atomic mass is 10.3. The summed E-state index contributed by atoms with van der Waals surface area (Å²) in [5.74, 6) is 0.437. The summed E-state index contributed by atoms with van der Waals surface area (Å²) in [4.78, 5) is 15.7. The first kappa shape index (κ1) is 13.4. The number of carbonyl (C=O) groups excluding carboxylic acids is 1. The van der Waals surface area contributed by atoms with Gasteiger partial charge in [-0.25, -0.2) is 4.98 Å². The number of nitrogen functional groups attached to an aromatic ring is 1. The molecule has 0 saturated heterocycles. The predicted molar refractivity (Wildman–Crippen MR) is 75.2 cm³/mol. The SMILES string of the molecule is Nc1cccc(OCC(=O)NCCc2cscn2)c1. The van der Waals surface area contributed by atoms with Gasteiger partial charge in [0.2, 0.25) is 0 Å². The summed E-state index contributed by atoms with van der Waals surface area (Å²) in [6, 6.07) is 6.99. The Balaban J connectivity index is 1.67. The van der Waals surface area contributed by atoms with Crippen LogP contribution in [-0.4, -0.2) is 24.0 Å². The van der Waals surface area contributed by atoms with Crippen molar-refractivity contribution in [2.24, 2.45) is 0 Å². The van der Waals surface area contributed by atoms with Gasteiger partial charge in [-0.1, -0.05) is 6.07 Å². The van der Waals surface area contributed by atoms with Crippen molar-refractivity contribution in [3.05, 3.63) is 40.8 Å². The Labute approximate surface area is 115 Å². The third-order valence-corrected chi connectivity index (χ3v) is 3.05. The molecule has 100 valence electrons. The lowest BCUT2D eigenvalue weighted by Gasteiger charge is -2.07. The van der Waals surface area contributed by atoms with E-state index in [2.05, 4.69) is 10.3 Å². The number of anilines is 1. The molecule has 0 radical (unpaired) electrons. The Hall–Kier alpha value is -2.08. The monoisotopic (exact) mass is 277 g/mol. The lowest BCUT2D eigenvalue weighted by molar-refractivity contribution is -0.123. The number of benzene rings is 1. The third-order valence-electron chi connectivity index (χ3n) is 2.41. The van der Waals surface area contributed by atoms with Gasteiger partial charge in [0.05, 0.1) is 11.2 Å². The van der Waals surface area contributed by atoms with Gasteiger partial charge in [0.25, 0.3) is 5.91 Å². The molecule has 0 spiro atoms. The lowest BCUT2D eigenvalue weighted by Crippen LogP contribution is -2.30. The van der Waals surface area contributed by atoms with Gasteiger partial charge in [0, 0.05) is 30.1 Å². The third kappa shape index (κ3) is 4.59. The summed E-state index contributed by atoms with van der Waals surface area (Å²) in [5.41, 5.74) is 8.99. The number of hydrogen-bond acceptors (Lipinski definition) is 5. The molecule has 5 nitrogen and oxygen atoms in total. The summed E-state index contributed by atoms with van der Waals surface area (Å²) in [6.07, 6.45) is 0.730. The van der Waals surface area contributed by atoms with Gasteiger partial charge in [0.1, 0.15) is 5.75 Å². The van der Waals surface area contributed by atoms with E-state index >= 15 is 0 Å². The van der Waals surface area contributed by atoms with Crippen LogP contribution >= 0.6 is 11.3 Å². The second kappa shape index (κ2) is 6.75. The van der Waals surface area contributed by atoms with E-state index in [1.165, 1.54) is 0 Å². The zero-order chi connectivity index (χ0) is 13.5. The van der Waals surface area contributed by atoms with Crippen molar-refractivity contribution in [2.45, 2.75) is 6.42 Å². The maximum atomic E-state index is 11.5. The fourth-order valence-corrected chi connectivity index (χ4v) is 2.09. The molecule has 0 saturated carbocycles. The van der Waals surface area contributed by atoms with Crippen LogP contribution in [0.25, 0.3) is 0 Å². The number of nitrogens with one attached hydrogen (secondary N) is 1. The number of ether oxygens (including phenoxy) is 1. The quantitative estimate of drug-likeness (QED) is 0.784. The molecular formula is C13H15N3O2S. The molecule has 0 fully saturated rings. The molecule has 1 aromatic carbocycles. The Morgan fingerprint density at radius 1 is 1.47 bits per heavy atom. The van der Waals surface area contributed by atoms with Crippen LogP contribution in [0.5, 0.6) is 5.75 Å². The second-order valence-corrected chi connectivity index (χ2v) is 4.66. The van der Waals surface area contributed by atoms with Crippen molar-refractivity contribution in [1.82, 2.24) is 10.3 Å². The van der Waals surface area contributed by atoms with E-state index in [4.69, 9.17) is 10.5 Å². The highest BCUT2D eigenvalue weighted by Crippen LogP contribution is 2.13. The zero-order valence-electron chi connectivity index (χ0n) is 10.3. The van der Waals surface area contributed by atoms with E-state index < -0.39 is 0 Å². The minimum Gasteiger partial charge on any atom is -0.484 e. The Morgan fingerprint density at radius 2 is 2.37 bits per heavy atom. The Bertz CT molecular complexity index is 528. The minimum atomic E-state index is -0.155. The van der Waals surface area contributed by atoms with Crippen molar-refractivity contribution >= 4 is 22.9 Å². The molecular weight excluding hydrogens is 262 g/mol. The number of rotatable bonds is 6. The van der Waals surface area contributed by atoms with E-state index in [9.17, 15) is 4.79 Å². The van der Waals surface area contributed by atoms with Gasteiger partial charge >= 0.3 is 0 Å². The summed E-state index contributed by atoms with van der Waals surface area (Å²) < 4.78 is 5.33.